The van der Waals surface area contributed by atoms with Crippen molar-refractivity contribution in [2.75, 3.05) is 0 Å². The van der Waals surface area contributed by atoms with Gasteiger partial charge in [0.1, 0.15) is 11.3 Å². The van der Waals surface area contributed by atoms with E-state index in [1.54, 1.807) is 0 Å². The summed E-state index contributed by atoms with van der Waals surface area (Å²) < 4.78 is 5.84. The zero-order valence-electron chi connectivity index (χ0n) is 11.5. The summed E-state index contributed by atoms with van der Waals surface area (Å²) >= 11 is 6.11. The summed E-state index contributed by atoms with van der Waals surface area (Å²) in [5.41, 5.74) is 11.3. The number of rotatable bonds is 2. The normalized spacial score (nSPS) is 11.2. The Balaban J connectivity index is 2.32. The van der Waals surface area contributed by atoms with Gasteiger partial charge >= 0.3 is 0 Å². The Bertz CT molecular complexity index is 789. The van der Waals surface area contributed by atoms with Crippen LogP contribution < -0.4 is 5.73 Å². The minimum atomic E-state index is 0.370. The van der Waals surface area contributed by atoms with E-state index in [9.17, 15) is 0 Å². The molecule has 0 aliphatic heterocycles. The molecule has 3 rings (SSSR count). The molecule has 0 atom stereocenters. The third-order valence-corrected chi connectivity index (χ3v) is 3.94. The van der Waals surface area contributed by atoms with Crippen molar-refractivity contribution in [3.8, 4) is 11.1 Å². The SMILES string of the molecule is Cc1ccc(-c2c(CN)oc3ccc(Cl)cc23)cc1C. The summed E-state index contributed by atoms with van der Waals surface area (Å²) in [5.74, 6) is 0.797. The fraction of sp³-hybridized carbons (Fsp3) is 0.176. The van der Waals surface area contributed by atoms with Crippen molar-refractivity contribution < 1.29 is 4.42 Å². The lowest BCUT2D eigenvalue weighted by Crippen LogP contribution is -1.96. The van der Waals surface area contributed by atoms with Crippen molar-refractivity contribution in [2.45, 2.75) is 20.4 Å². The highest BCUT2D eigenvalue weighted by Crippen LogP contribution is 2.36. The van der Waals surface area contributed by atoms with Crippen molar-refractivity contribution in [3.63, 3.8) is 0 Å². The Morgan fingerprint density at radius 3 is 2.55 bits per heavy atom. The predicted octanol–water partition coefficient (Wildman–Crippen LogP) is 4.83. The van der Waals surface area contributed by atoms with Crippen molar-refractivity contribution in [1.82, 2.24) is 0 Å². The third kappa shape index (κ3) is 2.11. The first-order chi connectivity index (χ1) is 9.60. The highest BCUT2D eigenvalue weighted by Gasteiger charge is 2.15. The Morgan fingerprint density at radius 1 is 1.05 bits per heavy atom. The van der Waals surface area contributed by atoms with Gasteiger partial charge in [0.25, 0.3) is 0 Å². The fourth-order valence-electron chi connectivity index (χ4n) is 2.48. The predicted molar refractivity (Wildman–Crippen MR) is 84.0 cm³/mol. The van der Waals surface area contributed by atoms with Crippen molar-refractivity contribution in [1.29, 1.82) is 0 Å². The molecule has 1 aromatic heterocycles. The fourth-order valence-corrected chi connectivity index (χ4v) is 2.65. The van der Waals surface area contributed by atoms with E-state index in [2.05, 4.69) is 32.0 Å². The standard InChI is InChI=1S/C17H16ClNO/c1-10-3-4-12(7-11(10)2)17-14-8-13(18)5-6-15(14)20-16(17)9-19/h3-8H,9,19H2,1-2H3. The number of hydrogen-bond acceptors (Lipinski definition) is 2. The largest absolute Gasteiger partial charge is 0.459 e. The van der Waals surface area contributed by atoms with E-state index >= 15 is 0 Å². The van der Waals surface area contributed by atoms with Gasteiger partial charge in [-0.1, -0.05) is 29.8 Å². The van der Waals surface area contributed by atoms with E-state index in [-0.39, 0.29) is 0 Å². The molecule has 0 aliphatic carbocycles. The van der Waals surface area contributed by atoms with Gasteiger partial charge < -0.3 is 10.2 Å². The number of halogens is 1. The van der Waals surface area contributed by atoms with Crippen LogP contribution in [0.5, 0.6) is 0 Å². The molecule has 1 heterocycles. The van der Waals surface area contributed by atoms with Crippen LogP contribution in [0.15, 0.2) is 40.8 Å². The van der Waals surface area contributed by atoms with Crippen molar-refractivity contribution >= 4 is 22.6 Å². The van der Waals surface area contributed by atoms with E-state index in [1.807, 2.05) is 18.2 Å². The van der Waals surface area contributed by atoms with E-state index in [1.165, 1.54) is 11.1 Å². The van der Waals surface area contributed by atoms with Gasteiger partial charge in [0.05, 0.1) is 6.54 Å². The lowest BCUT2D eigenvalue weighted by molar-refractivity contribution is 0.554. The number of furan rings is 1. The number of hydrogen-bond donors (Lipinski definition) is 1. The monoisotopic (exact) mass is 285 g/mol. The molecule has 3 aromatic rings. The second-order valence-corrected chi connectivity index (χ2v) is 5.48. The molecule has 2 N–H and O–H groups in total. The zero-order chi connectivity index (χ0) is 14.3. The highest BCUT2D eigenvalue weighted by atomic mass is 35.5. The number of benzene rings is 2. The third-order valence-electron chi connectivity index (χ3n) is 3.70. The maximum atomic E-state index is 6.11. The number of aryl methyl sites for hydroxylation is 2. The molecule has 0 unspecified atom stereocenters. The Morgan fingerprint density at radius 2 is 1.85 bits per heavy atom. The summed E-state index contributed by atoms with van der Waals surface area (Å²) in [6.07, 6.45) is 0. The summed E-state index contributed by atoms with van der Waals surface area (Å²) in [6.45, 7) is 4.58. The molecule has 0 saturated heterocycles. The molecule has 102 valence electrons. The first kappa shape index (κ1) is 13.2. The molecule has 0 radical (unpaired) electrons. The van der Waals surface area contributed by atoms with Gasteiger partial charge in [-0.2, -0.15) is 0 Å². The first-order valence-corrected chi connectivity index (χ1v) is 6.96. The lowest BCUT2D eigenvalue weighted by Gasteiger charge is -2.06. The van der Waals surface area contributed by atoms with Crippen LogP contribution in [0.3, 0.4) is 0 Å². The van der Waals surface area contributed by atoms with Crippen molar-refractivity contribution in [2.24, 2.45) is 5.73 Å². The Kier molecular flexibility index (Phi) is 3.28. The van der Waals surface area contributed by atoms with Gasteiger partial charge in [0, 0.05) is 16.0 Å². The molecule has 0 spiro atoms. The minimum absolute atomic E-state index is 0.370. The highest BCUT2D eigenvalue weighted by molar-refractivity contribution is 6.31. The molecular weight excluding hydrogens is 270 g/mol. The zero-order valence-corrected chi connectivity index (χ0v) is 12.3. The average molecular weight is 286 g/mol. The van der Waals surface area contributed by atoms with Crippen LogP contribution in [0.4, 0.5) is 0 Å². The first-order valence-electron chi connectivity index (χ1n) is 6.59. The van der Waals surface area contributed by atoms with Crippen molar-refractivity contribution in [3.05, 3.63) is 58.3 Å². The van der Waals surface area contributed by atoms with E-state index in [0.717, 1.165) is 27.9 Å². The van der Waals surface area contributed by atoms with Crippen LogP contribution in [-0.2, 0) is 6.54 Å². The molecule has 3 heteroatoms. The molecule has 0 bridgehead atoms. The van der Waals surface area contributed by atoms with Gasteiger partial charge in [-0.05, 0) is 48.7 Å². The molecule has 0 amide bonds. The molecular formula is C17H16ClNO. The van der Waals surface area contributed by atoms with E-state index in [0.29, 0.717) is 11.6 Å². The number of fused-ring (bicyclic) bond motifs is 1. The molecule has 0 aliphatic rings. The molecule has 2 nitrogen and oxygen atoms in total. The van der Waals surface area contributed by atoms with Crippen LogP contribution in [-0.4, -0.2) is 0 Å². The molecule has 20 heavy (non-hydrogen) atoms. The molecule has 0 saturated carbocycles. The minimum Gasteiger partial charge on any atom is -0.459 e. The van der Waals surface area contributed by atoms with Crippen LogP contribution in [0.2, 0.25) is 5.02 Å². The van der Waals surface area contributed by atoms with Crippen LogP contribution >= 0.6 is 11.6 Å². The van der Waals surface area contributed by atoms with Crippen LogP contribution in [0.25, 0.3) is 22.1 Å². The van der Waals surface area contributed by atoms with E-state index in [4.69, 9.17) is 21.8 Å². The molecule has 2 aromatic carbocycles. The summed E-state index contributed by atoms with van der Waals surface area (Å²) in [4.78, 5) is 0. The van der Waals surface area contributed by atoms with E-state index < -0.39 is 0 Å². The smallest absolute Gasteiger partial charge is 0.135 e. The Labute approximate surface area is 123 Å². The van der Waals surface area contributed by atoms with Gasteiger partial charge in [0.15, 0.2) is 0 Å². The van der Waals surface area contributed by atoms with Gasteiger partial charge in [-0.15, -0.1) is 0 Å². The maximum absolute atomic E-state index is 6.11. The van der Waals surface area contributed by atoms with Crippen LogP contribution in [0, 0.1) is 13.8 Å². The second kappa shape index (κ2) is 4.97. The Hall–Kier alpha value is -1.77. The summed E-state index contributed by atoms with van der Waals surface area (Å²) in [7, 11) is 0. The molecule has 0 fully saturated rings. The van der Waals surface area contributed by atoms with Gasteiger partial charge in [-0.3, -0.25) is 0 Å². The van der Waals surface area contributed by atoms with Gasteiger partial charge in [-0.25, -0.2) is 0 Å². The van der Waals surface area contributed by atoms with Crippen LogP contribution in [0.1, 0.15) is 16.9 Å². The lowest BCUT2D eigenvalue weighted by atomic mass is 9.98. The summed E-state index contributed by atoms with van der Waals surface area (Å²) in [5, 5.41) is 1.72. The number of nitrogens with two attached hydrogens (primary N) is 1. The topological polar surface area (TPSA) is 39.2 Å². The second-order valence-electron chi connectivity index (χ2n) is 5.04. The maximum Gasteiger partial charge on any atom is 0.135 e. The average Bonchev–Trinajstić information content (AvgIpc) is 2.79. The summed E-state index contributed by atoms with van der Waals surface area (Å²) in [6, 6.07) is 12.0. The van der Waals surface area contributed by atoms with Gasteiger partial charge in [0.2, 0.25) is 0 Å². The quantitative estimate of drug-likeness (QED) is 0.732.